The van der Waals surface area contributed by atoms with Gasteiger partial charge in [-0.05, 0) is 44.0 Å². The molecule has 2 aromatic rings. The third kappa shape index (κ3) is 1.62. The van der Waals surface area contributed by atoms with Crippen molar-refractivity contribution >= 4 is 42.8 Å². The van der Waals surface area contributed by atoms with Crippen LogP contribution in [0, 0.1) is 6.92 Å². The lowest BCUT2D eigenvalue weighted by Crippen LogP contribution is -2.02. The summed E-state index contributed by atoms with van der Waals surface area (Å²) >= 11 is 6.66. The molecule has 5 heteroatoms. The predicted octanol–water partition coefficient (Wildman–Crippen LogP) is 3.02. The average molecular weight is 319 g/mol. The molecule has 0 fully saturated rings. The molecule has 2 rings (SSSR count). The number of rotatable bonds is 0. The normalized spacial score (nSPS) is 10.8. The number of aromatic nitrogens is 1. The van der Waals surface area contributed by atoms with E-state index in [9.17, 15) is 4.79 Å². The molecule has 0 N–H and O–H groups in total. The molecule has 0 saturated carbocycles. The molecule has 72 valence electrons. The van der Waals surface area contributed by atoms with Crippen LogP contribution in [0.3, 0.4) is 0 Å². The summed E-state index contributed by atoms with van der Waals surface area (Å²) in [6.07, 6.45) is 0. The minimum absolute atomic E-state index is 0.360. The summed E-state index contributed by atoms with van der Waals surface area (Å²) in [5.41, 5.74) is 0.273. The summed E-state index contributed by atoms with van der Waals surface area (Å²) in [5, 5.41) is 0.477. The van der Waals surface area contributed by atoms with Gasteiger partial charge in [0.2, 0.25) is 0 Å². The standard InChI is InChI=1S/C9H5Br2NO2/c1-4-12-8-3-7(11)6(10)2-5(8)9(13)14-4/h2-3H,1H3. The zero-order chi connectivity index (χ0) is 10.3. The van der Waals surface area contributed by atoms with E-state index in [0.29, 0.717) is 16.8 Å². The summed E-state index contributed by atoms with van der Waals surface area (Å²) < 4.78 is 6.55. The molecule has 0 radical (unpaired) electrons. The molecule has 0 bridgehead atoms. The van der Waals surface area contributed by atoms with E-state index in [1.165, 1.54) is 0 Å². The van der Waals surface area contributed by atoms with Crippen molar-refractivity contribution in [2.24, 2.45) is 0 Å². The zero-order valence-electron chi connectivity index (χ0n) is 7.17. The fourth-order valence-corrected chi connectivity index (χ4v) is 1.85. The Balaban J connectivity index is 2.96. The number of nitrogens with zero attached hydrogens (tertiary/aromatic N) is 1. The van der Waals surface area contributed by atoms with Crippen LogP contribution in [-0.4, -0.2) is 4.98 Å². The minimum Gasteiger partial charge on any atom is -0.408 e. The van der Waals surface area contributed by atoms with Crippen LogP contribution in [-0.2, 0) is 0 Å². The minimum atomic E-state index is -0.360. The van der Waals surface area contributed by atoms with Gasteiger partial charge in [0.15, 0.2) is 5.89 Å². The molecule has 0 spiro atoms. The van der Waals surface area contributed by atoms with Crippen molar-refractivity contribution in [3.05, 3.63) is 37.4 Å². The molecule has 0 aliphatic carbocycles. The van der Waals surface area contributed by atoms with Crippen LogP contribution in [0.2, 0.25) is 0 Å². The Kier molecular flexibility index (Phi) is 2.45. The number of hydrogen-bond donors (Lipinski definition) is 0. The van der Waals surface area contributed by atoms with E-state index in [-0.39, 0.29) is 5.63 Å². The highest BCUT2D eigenvalue weighted by atomic mass is 79.9. The summed E-state index contributed by atoms with van der Waals surface area (Å²) in [5.74, 6) is 0.372. The van der Waals surface area contributed by atoms with Crippen molar-refractivity contribution < 1.29 is 4.42 Å². The number of hydrogen-bond acceptors (Lipinski definition) is 3. The monoisotopic (exact) mass is 317 g/mol. The van der Waals surface area contributed by atoms with Gasteiger partial charge >= 0.3 is 5.63 Å². The van der Waals surface area contributed by atoms with E-state index in [0.717, 1.165) is 8.95 Å². The van der Waals surface area contributed by atoms with E-state index in [4.69, 9.17) is 4.42 Å². The molecular weight excluding hydrogens is 314 g/mol. The topological polar surface area (TPSA) is 43.1 Å². The Labute approximate surface area is 96.4 Å². The van der Waals surface area contributed by atoms with Crippen molar-refractivity contribution in [2.75, 3.05) is 0 Å². The van der Waals surface area contributed by atoms with Gasteiger partial charge in [-0.2, -0.15) is 0 Å². The second-order valence-corrected chi connectivity index (χ2v) is 4.51. The number of halogens is 2. The van der Waals surface area contributed by atoms with Gasteiger partial charge in [0.25, 0.3) is 0 Å². The largest absolute Gasteiger partial charge is 0.408 e. The summed E-state index contributed by atoms with van der Waals surface area (Å²) in [6.45, 7) is 1.65. The average Bonchev–Trinajstić information content (AvgIpc) is 2.08. The van der Waals surface area contributed by atoms with Crippen LogP contribution in [0.5, 0.6) is 0 Å². The van der Waals surface area contributed by atoms with E-state index in [2.05, 4.69) is 36.8 Å². The van der Waals surface area contributed by atoms with Crippen LogP contribution in [0.15, 0.2) is 30.3 Å². The maximum absolute atomic E-state index is 11.4. The van der Waals surface area contributed by atoms with Crippen LogP contribution in [0.25, 0.3) is 10.9 Å². The van der Waals surface area contributed by atoms with Crippen LogP contribution in [0.1, 0.15) is 5.89 Å². The SMILES string of the molecule is Cc1nc2cc(Br)c(Br)cc2c(=O)o1. The molecule has 1 heterocycles. The fraction of sp³-hybridized carbons (Fsp3) is 0.111. The predicted molar refractivity (Wildman–Crippen MR) is 60.4 cm³/mol. The lowest BCUT2D eigenvalue weighted by atomic mass is 10.2. The lowest BCUT2D eigenvalue weighted by molar-refractivity contribution is 0.467. The second kappa shape index (κ2) is 3.47. The van der Waals surface area contributed by atoms with E-state index >= 15 is 0 Å². The van der Waals surface area contributed by atoms with Gasteiger partial charge in [-0.3, -0.25) is 0 Å². The van der Waals surface area contributed by atoms with E-state index in [1.807, 2.05) is 0 Å². The molecule has 0 aliphatic rings. The molecule has 0 unspecified atom stereocenters. The van der Waals surface area contributed by atoms with Gasteiger partial charge in [0, 0.05) is 15.9 Å². The molecule has 0 saturated heterocycles. The van der Waals surface area contributed by atoms with Gasteiger partial charge in [-0.15, -0.1) is 0 Å². The van der Waals surface area contributed by atoms with Crippen molar-refractivity contribution in [3.63, 3.8) is 0 Å². The molecule has 0 amide bonds. The van der Waals surface area contributed by atoms with Crippen LogP contribution >= 0.6 is 31.9 Å². The number of aryl methyl sites for hydroxylation is 1. The molecule has 14 heavy (non-hydrogen) atoms. The first-order valence-electron chi connectivity index (χ1n) is 3.84. The van der Waals surface area contributed by atoms with Crippen molar-refractivity contribution in [1.29, 1.82) is 0 Å². The first-order chi connectivity index (χ1) is 6.58. The second-order valence-electron chi connectivity index (χ2n) is 2.80. The van der Waals surface area contributed by atoms with Crippen LogP contribution < -0.4 is 5.63 Å². The van der Waals surface area contributed by atoms with Crippen LogP contribution in [0.4, 0.5) is 0 Å². The van der Waals surface area contributed by atoms with Gasteiger partial charge in [0.1, 0.15) is 0 Å². The number of benzene rings is 1. The summed E-state index contributed by atoms with van der Waals surface area (Å²) in [4.78, 5) is 15.5. The first-order valence-corrected chi connectivity index (χ1v) is 5.43. The molecule has 1 aromatic heterocycles. The maximum Gasteiger partial charge on any atom is 0.346 e. The zero-order valence-corrected chi connectivity index (χ0v) is 10.3. The molecular formula is C9H5Br2NO2. The lowest BCUT2D eigenvalue weighted by Gasteiger charge is -1.99. The molecule has 3 nitrogen and oxygen atoms in total. The van der Waals surface area contributed by atoms with Gasteiger partial charge in [-0.25, -0.2) is 9.78 Å². The summed E-state index contributed by atoms with van der Waals surface area (Å²) in [6, 6.07) is 3.47. The van der Waals surface area contributed by atoms with Gasteiger partial charge in [0.05, 0.1) is 10.9 Å². The van der Waals surface area contributed by atoms with Gasteiger partial charge in [-0.1, -0.05) is 0 Å². The Morgan fingerprint density at radius 1 is 1.29 bits per heavy atom. The van der Waals surface area contributed by atoms with Gasteiger partial charge < -0.3 is 4.42 Å². The van der Waals surface area contributed by atoms with Crippen molar-refractivity contribution in [1.82, 2.24) is 4.98 Å². The maximum atomic E-state index is 11.4. The van der Waals surface area contributed by atoms with Crippen molar-refractivity contribution in [2.45, 2.75) is 6.92 Å². The first kappa shape index (κ1) is 9.86. The third-order valence-electron chi connectivity index (χ3n) is 1.78. The fourth-order valence-electron chi connectivity index (χ4n) is 1.17. The van der Waals surface area contributed by atoms with E-state index < -0.39 is 0 Å². The highest BCUT2D eigenvalue weighted by Crippen LogP contribution is 2.26. The Morgan fingerprint density at radius 2 is 1.93 bits per heavy atom. The Morgan fingerprint density at radius 3 is 2.64 bits per heavy atom. The highest BCUT2D eigenvalue weighted by Gasteiger charge is 2.06. The number of fused-ring (bicyclic) bond motifs is 1. The van der Waals surface area contributed by atoms with E-state index in [1.54, 1.807) is 19.1 Å². The Bertz CT molecular complexity index is 562. The Hall–Kier alpha value is -0.680. The molecule has 0 aliphatic heterocycles. The summed E-state index contributed by atoms with van der Waals surface area (Å²) in [7, 11) is 0. The molecule has 1 aromatic carbocycles. The third-order valence-corrected chi connectivity index (χ3v) is 3.62. The highest BCUT2D eigenvalue weighted by molar-refractivity contribution is 9.13. The molecule has 0 atom stereocenters. The van der Waals surface area contributed by atoms with Crippen molar-refractivity contribution in [3.8, 4) is 0 Å². The quantitative estimate of drug-likeness (QED) is 0.750. The smallest absolute Gasteiger partial charge is 0.346 e.